The van der Waals surface area contributed by atoms with Gasteiger partial charge in [-0.3, -0.25) is 0 Å². The highest BCUT2D eigenvalue weighted by Crippen LogP contribution is 2.23. The van der Waals surface area contributed by atoms with Crippen molar-refractivity contribution in [2.75, 3.05) is 11.5 Å². The van der Waals surface area contributed by atoms with Crippen LogP contribution in [0, 0.1) is 12.8 Å². The molecule has 4 heteroatoms. The summed E-state index contributed by atoms with van der Waals surface area (Å²) in [5, 5.41) is 1.02. The van der Waals surface area contributed by atoms with Gasteiger partial charge in [-0.15, -0.1) is 0 Å². The first-order valence-corrected chi connectivity index (χ1v) is 7.54. The molecule has 1 aromatic carbocycles. The molecule has 17 heavy (non-hydrogen) atoms. The van der Waals surface area contributed by atoms with Gasteiger partial charge in [-0.2, -0.15) is 12.6 Å². The number of thioether (sulfide) groups is 1. The van der Waals surface area contributed by atoms with E-state index in [9.17, 15) is 0 Å². The van der Waals surface area contributed by atoms with Gasteiger partial charge in [0.05, 0.1) is 11.0 Å². The first-order valence-electron chi connectivity index (χ1n) is 5.93. The number of nitrogens with one attached hydrogen (secondary N) is 1. The highest BCUT2D eigenvalue weighted by atomic mass is 32.2. The van der Waals surface area contributed by atoms with Crippen LogP contribution >= 0.6 is 24.4 Å². The van der Waals surface area contributed by atoms with E-state index in [4.69, 9.17) is 0 Å². The van der Waals surface area contributed by atoms with Gasteiger partial charge in [0, 0.05) is 5.75 Å². The largest absolute Gasteiger partial charge is 0.333 e. The van der Waals surface area contributed by atoms with Crippen molar-refractivity contribution in [2.45, 2.75) is 25.4 Å². The number of aromatic nitrogens is 2. The number of imidazole rings is 1. The summed E-state index contributed by atoms with van der Waals surface area (Å²) >= 11 is 6.16. The zero-order valence-corrected chi connectivity index (χ0v) is 11.9. The lowest BCUT2D eigenvalue weighted by molar-refractivity contribution is 0.649. The summed E-state index contributed by atoms with van der Waals surface area (Å²) in [5.74, 6) is 2.69. The number of hydrogen-bond donors (Lipinski definition) is 2. The molecule has 0 aliphatic rings. The molecular weight excluding hydrogens is 248 g/mol. The fourth-order valence-electron chi connectivity index (χ4n) is 1.66. The third-order valence-electron chi connectivity index (χ3n) is 2.91. The first-order chi connectivity index (χ1) is 8.22. The summed E-state index contributed by atoms with van der Waals surface area (Å²) in [4.78, 5) is 7.94. The molecule has 1 unspecified atom stereocenters. The van der Waals surface area contributed by atoms with Gasteiger partial charge in [0.2, 0.25) is 0 Å². The Bertz CT molecular complexity index is 489. The van der Waals surface area contributed by atoms with E-state index >= 15 is 0 Å². The Labute approximate surface area is 112 Å². The maximum atomic E-state index is 4.58. The van der Waals surface area contributed by atoms with E-state index in [1.54, 1.807) is 11.8 Å². The predicted octanol–water partition coefficient (Wildman–Crippen LogP) is 3.92. The molecule has 0 amide bonds. The maximum Gasteiger partial charge on any atom is 0.166 e. The molecule has 0 radical (unpaired) electrons. The SMILES string of the molecule is CCC(CS)CSc1nc2ccc(C)cc2[nH]1. The number of H-pyrrole nitrogens is 1. The van der Waals surface area contributed by atoms with Gasteiger partial charge < -0.3 is 4.98 Å². The smallest absolute Gasteiger partial charge is 0.166 e. The minimum absolute atomic E-state index is 0.665. The Balaban J connectivity index is 2.09. The standard InChI is InChI=1S/C13H18N2S2/c1-3-10(7-16)8-17-13-14-11-5-4-9(2)6-12(11)15-13/h4-6,10,16H,3,7-8H2,1-2H3,(H,14,15). The summed E-state index contributed by atoms with van der Waals surface area (Å²) in [7, 11) is 0. The fourth-order valence-corrected chi connectivity index (χ4v) is 3.32. The van der Waals surface area contributed by atoms with E-state index < -0.39 is 0 Å². The van der Waals surface area contributed by atoms with Gasteiger partial charge in [0.15, 0.2) is 5.16 Å². The van der Waals surface area contributed by atoms with Gasteiger partial charge in [0.25, 0.3) is 0 Å². The van der Waals surface area contributed by atoms with E-state index in [1.165, 1.54) is 12.0 Å². The molecule has 0 saturated heterocycles. The minimum Gasteiger partial charge on any atom is -0.333 e. The second-order valence-corrected chi connectivity index (χ2v) is 5.70. The Morgan fingerprint density at radius 1 is 1.47 bits per heavy atom. The molecule has 1 heterocycles. The monoisotopic (exact) mass is 266 g/mol. The van der Waals surface area contributed by atoms with Crippen LogP contribution < -0.4 is 0 Å². The van der Waals surface area contributed by atoms with Crippen molar-refractivity contribution in [2.24, 2.45) is 5.92 Å². The lowest BCUT2D eigenvalue weighted by atomic mass is 10.2. The van der Waals surface area contributed by atoms with E-state index in [0.29, 0.717) is 5.92 Å². The summed E-state index contributed by atoms with van der Waals surface area (Å²) in [6.07, 6.45) is 1.18. The van der Waals surface area contributed by atoms with E-state index in [2.05, 4.69) is 54.6 Å². The van der Waals surface area contributed by atoms with Crippen molar-refractivity contribution in [3.05, 3.63) is 23.8 Å². The van der Waals surface area contributed by atoms with Crippen LogP contribution in [-0.4, -0.2) is 21.5 Å². The van der Waals surface area contributed by atoms with E-state index in [-0.39, 0.29) is 0 Å². The third kappa shape index (κ3) is 3.19. The second-order valence-electron chi connectivity index (χ2n) is 4.33. The Morgan fingerprint density at radius 3 is 3.00 bits per heavy atom. The normalized spacial score (nSPS) is 13.1. The Hall–Kier alpha value is -0.610. The second kappa shape index (κ2) is 5.83. The van der Waals surface area contributed by atoms with Crippen molar-refractivity contribution in [3.63, 3.8) is 0 Å². The number of aromatic amines is 1. The molecule has 0 saturated carbocycles. The molecular formula is C13H18N2S2. The molecule has 92 valence electrons. The molecule has 0 fully saturated rings. The number of fused-ring (bicyclic) bond motifs is 1. The minimum atomic E-state index is 0.665. The lowest BCUT2D eigenvalue weighted by Gasteiger charge is -2.08. The molecule has 0 aliphatic carbocycles. The number of thiol groups is 1. The van der Waals surface area contributed by atoms with Gasteiger partial charge >= 0.3 is 0 Å². The highest BCUT2D eigenvalue weighted by molar-refractivity contribution is 7.99. The van der Waals surface area contributed by atoms with Gasteiger partial charge in [-0.05, 0) is 36.3 Å². The highest BCUT2D eigenvalue weighted by Gasteiger charge is 2.08. The number of rotatable bonds is 5. The Morgan fingerprint density at radius 2 is 2.29 bits per heavy atom. The molecule has 0 spiro atoms. The van der Waals surface area contributed by atoms with Crippen LogP contribution in [0.5, 0.6) is 0 Å². The molecule has 1 aromatic heterocycles. The van der Waals surface area contributed by atoms with Crippen LogP contribution in [0.1, 0.15) is 18.9 Å². The first kappa shape index (κ1) is 12.8. The van der Waals surface area contributed by atoms with Crippen LogP contribution in [0.3, 0.4) is 0 Å². The van der Waals surface area contributed by atoms with E-state index in [0.717, 1.165) is 27.7 Å². The zero-order chi connectivity index (χ0) is 12.3. The molecule has 1 N–H and O–H groups in total. The van der Waals surface area contributed by atoms with Gasteiger partial charge in [-0.1, -0.05) is 31.2 Å². The van der Waals surface area contributed by atoms with Crippen LogP contribution in [0.15, 0.2) is 23.4 Å². The van der Waals surface area contributed by atoms with Crippen molar-refractivity contribution in [1.82, 2.24) is 9.97 Å². The van der Waals surface area contributed by atoms with E-state index in [1.807, 2.05) is 0 Å². The lowest BCUT2D eigenvalue weighted by Crippen LogP contribution is -2.03. The van der Waals surface area contributed by atoms with Crippen molar-refractivity contribution < 1.29 is 0 Å². The fraction of sp³-hybridized carbons (Fsp3) is 0.462. The quantitative estimate of drug-likeness (QED) is 0.634. The van der Waals surface area contributed by atoms with Gasteiger partial charge in [-0.25, -0.2) is 4.98 Å². The Kier molecular flexibility index (Phi) is 4.40. The average Bonchev–Trinajstić information content (AvgIpc) is 2.72. The summed E-state index contributed by atoms with van der Waals surface area (Å²) in [5.41, 5.74) is 3.45. The third-order valence-corrected chi connectivity index (χ3v) is 4.53. The van der Waals surface area contributed by atoms with Crippen LogP contribution in [0.4, 0.5) is 0 Å². The van der Waals surface area contributed by atoms with Crippen molar-refractivity contribution in [1.29, 1.82) is 0 Å². The van der Waals surface area contributed by atoms with Gasteiger partial charge in [0.1, 0.15) is 0 Å². The van der Waals surface area contributed by atoms with Crippen molar-refractivity contribution in [3.8, 4) is 0 Å². The van der Waals surface area contributed by atoms with Crippen LogP contribution in [0.2, 0.25) is 0 Å². The van der Waals surface area contributed by atoms with Crippen LogP contribution in [-0.2, 0) is 0 Å². The zero-order valence-electron chi connectivity index (χ0n) is 10.2. The summed E-state index contributed by atoms with van der Waals surface area (Å²) in [6.45, 7) is 4.31. The molecule has 2 rings (SSSR count). The average molecular weight is 266 g/mol. The number of aryl methyl sites for hydroxylation is 1. The number of nitrogens with zero attached hydrogens (tertiary/aromatic N) is 1. The molecule has 0 bridgehead atoms. The van der Waals surface area contributed by atoms with Crippen LogP contribution in [0.25, 0.3) is 11.0 Å². The number of hydrogen-bond acceptors (Lipinski definition) is 3. The molecule has 2 nitrogen and oxygen atoms in total. The molecule has 0 aliphatic heterocycles. The molecule has 1 atom stereocenters. The topological polar surface area (TPSA) is 28.7 Å². The number of benzene rings is 1. The maximum absolute atomic E-state index is 4.58. The molecule has 2 aromatic rings. The van der Waals surface area contributed by atoms with Crippen molar-refractivity contribution >= 4 is 35.4 Å². The predicted molar refractivity (Wildman–Crippen MR) is 79.2 cm³/mol. The summed E-state index contributed by atoms with van der Waals surface area (Å²) in [6, 6.07) is 6.31. The summed E-state index contributed by atoms with van der Waals surface area (Å²) < 4.78 is 0.